The second-order valence-corrected chi connectivity index (χ2v) is 9.74. The van der Waals surface area contributed by atoms with Crippen LogP contribution in [0.5, 0.6) is 0 Å². The molecule has 10 N–H and O–H groups in total. The summed E-state index contributed by atoms with van der Waals surface area (Å²) in [7, 11) is 0. The SMILES string of the molecule is CCCCCCCCO[C@@H]1O[C@H](CO)[C@@H](O[C@@H]2O[C@H](CO)[C@H](OCC(N)=[NH2+])[C@H](O)[C@H]2O)[C@H](O)[C@H]1NC(C)=O.[Cl-]. The largest absolute Gasteiger partial charge is 1.00 e. The van der Waals surface area contributed by atoms with E-state index in [0.717, 1.165) is 32.1 Å². The quantitative estimate of drug-likeness (QED) is 0.0479. The van der Waals surface area contributed by atoms with Crippen LogP contribution in [0.1, 0.15) is 52.4 Å². The number of aliphatic hydroxyl groups is 5. The number of unbranched alkanes of at least 4 members (excludes halogenated alkanes) is 5. The maximum atomic E-state index is 11.9. The minimum Gasteiger partial charge on any atom is -1.00 e. The fraction of sp³-hybridized carbons (Fsp3) is 0.917. The van der Waals surface area contributed by atoms with Gasteiger partial charge < -0.3 is 66.9 Å². The Morgan fingerprint density at radius 1 is 0.897 bits per heavy atom. The van der Waals surface area contributed by atoms with E-state index in [1.165, 1.54) is 13.3 Å². The zero-order valence-corrected chi connectivity index (χ0v) is 23.3. The molecule has 2 saturated heterocycles. The predicted octanol–water partition coefficient (Wildman–Crippen LogP) is -6.72. The van der Waals surface area contributed by atoms with Crippen LogP contribution < -0.4 is 28.9 Å². The Hall–Kier alpha value is -1.17. The Morgan fingerprint density at radius 2 is 1.49 bits per heavy atom. The van der Waals surface area contributed by atoms with E-state index in [1.54, 1.807) is 0 Å². The summed E-state index contributed by atoms with van der Waals surface area (Å²) < 4.78 is 28.4. The van der Waals surface area contributed by atoms with Gasteiger partial charge in [0.05, 0.1) is 13.2 Å². The smallest absolute Gasteiger partial charge is 0.264 e. The van der Waals surface area contributed by atoms with Crippen LogP contribution in [-0.2, 0) is 28.5 Å². The summed E-state index contributed by atoms with van der Waals surface area (Å²) in [6.07, 6.45) is -5.77. The van der Waals surface area contributed by atoms with Crippen molar-refractivity contribution in [3.63, 3.8) is 0 Å². The molecule has 0 aromatic rings. The Labute approximate surface area is 235 Å². The van der Waals surface area contributed by atoms with E-state index >= 15 is 0 Å². The highest BCUT2D eigenvalue weighted by atomic mass is 35.5. The molecular weight excluding hydrogens is 542 g/mol. The lowest BCUT2D eigenvalue weighted by Gasteiger charge is -2.47. The molecule has 0 aromatic heterocycles. The van der Waals surface area contributed by atoms with Gasteiger partial charge in [0.2, 0.25) is 5.91 Å². The average molecular weight is 588 g/mol. The van der Waals surface area contributed by atoms with E-state index in [-0.39, 0.29) is 24.8 Å². The number of hydrogen-bond donors (Lipinski definition) is 8. The second kappa shape index (κ2) is 18.3. The van der Waals surface area contributed by atoms with Crippen molar-refractivity contribution in [2.24, 2.45) is 5.73 Å². The fourth-order valence-electron chi connectivity index (χ4n) is 4.57. The molecule has 0 bridgehead atoms. The zero-order valence-electron chi connectivity index (χ0n) is 22.6. The molecule has 0 spiro atoms. The molecule has 2 aliphatic heterocycles. The summed E-state index contributed by atoms with van der Waals surface area (Å²) >= 11 is 0. The third-order valence-corrected chi connectivity index (χ3v) is 6.56. The van der Waals surface area contributed by atoms with Gasteiger partial charge in [-0.2, -0.15) is 0 Å². The summed E-state index contributed by atoms with van der Waals surface area (Å²) in [5.74, 6) is -0.528. The number of nitrogens with one attached hydrogen (secondary N) is 1. The Kier molecular flexibility index (Phi) is 16.8. The van der Waals surface area contributed by atoms with Gasteiger partial charge in [0.1, 0.15) is 55.4 Å². The van der Waals surface area contributed by atoms with Crippen molar-refractivity contribution in [1.82, 2.24) is 5.32 Å². The Balaban J connectivity index is 0.00000760. The minimum atomic E-state index is -1.67. The Morgan fingerprint density at radius 3 is 2.08 bits per heavy atom. The molecule has 2 heterocycles. The maximum absolute atomic E-state index is 11.9. The Bertz CT molecular complexity index is 723. The third kappa shape index (κ3) is 10.6. The van der Waals surface area contributed by atoms with Crippen LogP contribution in [0, 0.1) is 0 Å². The molecule has 39 heavy (non-hydrogen) atoms. The van der Waals surface area contributed by atoms with Crippen LogP contribution in [-0.4, -0.2) is 125 Å². The van der Waals surface area contributed by atoms with Crippen molar-refractivity contribution >= 4 is 11.7 Å². The number of carbonyl (C=O) groups excluding carboxylic acids is 1. The van der Waals surface area contributed by atoms with Crippen molar-refractivity contribution in [2.45, 2.75) is 114 Å². The standard InChI is InChI=1S/C24H45N3O11.ClH/c1-3-4-5-6-7-8-9-34-23-17(27-13(2)30)18(31)22(15(11-29)36-23)38-24-20(33)19(32)21(14(10-28)37-24)35-12-16(25)26;/h14-15,17-24,28-29,31-33H,3-12H2,1-2H3,(H3,25,26)(H,27,30);1H/t14-,15-,17-,18-,19-,20-,21+,22-,23-,24+;/m1./s1. The molecule has 230 valence electrons. The molecular formula is C24H46ClN3O11. The van der Waals surface area contributed by atoms with Gasteiger partial charge >= 0.3 is 0 Å². The summed E-state index contributed by atoms with van der Waals surface area (Å²) in [4.78, 5) is 11.9. The molecule has 10 atom stereocenters. The van der Waals surface area contributed by atoms with Crippen LogP contribution >= 0.6 is 0 Å². The second-order valence-electron chi connectivity index (χ2n) is 9.74. The van der Waals surface area contributed by atoms with Crippen molar-refractivity contribution < 1.29 is 71.8 Å². The van der Waals surface area contributed by atoms with E-state index in [1.807, 2.05) is 0 Å². The van der Waals surface area contributed by atoms with Gasteiger partial charge in [-0.05, 0) is 6.42 Å². The van der Waals surface area contributed by atoms with Gasteiger partial charge in [-0.25, -0.2) is 0 Å². The van der Waals surface area contributed by atoms with Crippen LogP contribution in [0.25, 0.3) is 0 Å². The molecule has 0 aromatic carbocycles. The summed E-state index contributed by atoms with van der Waals surface area (Å²) in [6, 6.07) is -1.06. The van der Waals surface area contributed by atoms with Crippen molar-refractivity contribution in [3.05, 3.63) is 0 Å². The van der Waals surface area contributed by atoms with Gasteiger partial charge in [-0.15, -0.1) is 0 Å². The number of amidine groups is 1. The molecule has 0 radical (unpaired) electrons. The first-order valence-electron chi connectivity index (χ1n) is 13.2. The zero-order chi connectivity index (χ0) is 28.2. The van der Waals surface area contributed by atoms with Crippen molar-refractivity contribution in [2.75, 3.05) is 26.4 Å². The van der Waals surface area contributed by atoms with Gasteiger partial charge in [0.25, 0.3) is 5.84 Å². The average Bonchev–Trinajstić information content (AvgIpc) is 2.88. The van der Waals surface area contributed by atoms with Gasteiger partial charge in [-0.3, -0.25) is 15.9 Å². The summed E-state index contributed by atoms with van der Waals surface area (Å²) in [5, 5.41) is 60.1. The summed E-state index contributed by atoms with van der Waals surface area (Å²) in [5.41, 5.74) is 5.39. The minimum absolute atomic E-state index is 0. The number of hydrogen-bond acceptors (Lipinski definition) is 11. The molecule has 2 rings (SSSR count). The van der Waals surface area contributed by atoms with Crippen LogP contribution in [0.4, 0.5) is 0 Å². The van der Waals surface area contributed by atoms with Crippen LogP contribution in [0.2, 0.25) is 0 Å². The molecule has 14 nitrogen and oxygen atoms in total. The first-order valence-corrected chi connectivity index (χ1v) is 13.2. The highest BCUT2D eigenvalue weighted by molar-refractivity contribution is 5.75. The van der Waals surface area contributed by atoms with Gasteiger partial charge in [-0.1, -0.05) is 39.0 Å². The van der Waals surface area contributed by atoms with E-state index in [4.69, 9.17) is 34.8 Å². The predicted molar refractivity (Wildman–Crippen MR) is 132 cm³/mol. The molecule has 2 aliphatic rings. The van der Waals surface area contributed by atoms with Gasteiger partial charge in [0, 0.05) is 13.5 Å². The number of rotatable bonds is 16. The van der Waals surface area contributed by atoms with Crippen LogP contribution in [0.3, 0.4) is 0 Å². The first-order chi connectivity index (χ1) is 18.1. The number of amides is 1. The van der Waals surface area contributed by atoms with Gasteiger partial charge in [0.15, 0.2) is 12.6 Å². The lowest BCUT2D eigenvalue weighted by Crippen LogP contribution is -3.00. The highest BCUT2D eigenvalue weighted by Crippen LogP contribution is 2.30. The molecule has 0 saturated carbocycles. The lowest BCUT2D eigenvalue weighted by atomic mass is 9.95. The van der Waals surface area contributed by atoms with Crippen LogP contribution in [0.15, 0.2) is 0 Å². The van der Waals surface area contributed by atoms with Crippen molar-refractivity contribution in [1.29, 1.82) is 0 Å². The topological polar surface area (TPSA) is 228 Å². The monoisotopic (exact) mass is 587 g/mol. The molecule has 2 fully saturated rings. The number of nitrogens with two attached hydrogens (primary N) is 2. The number of aliphatic hydroxyl groups excluding tert-OH is 5. The van der Waals surface area contributed by atoms with E-state index < -0.39 is 80.5 Å². The van der Waals surface area contributed by atoms with E-state index in [0.29, 0.717) is 6.61 Å². The molecule has 1 amide bonds. The number of ether oxygens (including phenoxy) is 5. The third-order valence-electron chi connectivity index (χ3n) is 6.56. The molecule has 0 unspecified atom stereocenters. The number of carbonyl (C=O) groups is 1. The van der Waals surface area contributed by atoms with E-state index in [9.17, 15) is 30.3 Å². The van der Waals surface area contributed by atoms with E-state index in [2.05, 4.69) is 12.2 Å². The first kappa shape index (κ1) is 35.9. The molecule has 0 aliphatic carbocycles. The normalized spacial score (nSPS) is 34.7. The highest BCUT2D eigenvalue weighted by Gasteiger charge is 2.51. The summed E-state index contributed by atoms with van der Waals surface area (Å²) in [6.45, 7) is 2.30. The lowest BCUT2D eigenvalue weighted by molar-refractivity contribution is -0.350. The molecule has 15 heteroatoms. The maximum Gasteiger partial charge on any atom is 0.264 e. The van der Waals surface area contributed by atoms with Crippen molar-refractivity contribution in [3.8, 4) is 0 Å². The fourth-order valence-corrected chi connectivity index (χ4v) is 4.57. The number of halogens is 1.